The second-order valence-corrected chi connectivity index (χ2v) is 8.29. The monoisotopic (exact) mass is 345 g/mol. The van der Waals surface area contributed by atoms with Crippen LogP contribution in [-0.4, -0.2) is 6.54 Å². The van der Waals surface area contributed by atoms with Gasteiger partial charge in [-0.2, -0.15) is 0 Å². The van der Waals surface area contributed by atoms with E-state index in [0.717, 1.165) is 12.8 Å². The average molecular weight is 346 g/mol. The maximum atomic E-state index is 11.0. The van der Waals surface area contributed by atoms with Gasteiger partial charge in [0.25, 0.3) is 7.59 Å². The van der Waals surface area contributed by atoms with Crippen LogP contribution < -0.4 is 16.1 Å². The van der Waals surface area contributed by atoms with Crippen LogP contribution in [0.1, 0.15) is 96.8 Å². The van der Waals surface area contributed by atoms with Gasteiger partial charge >= 0.3 is 0 Å². The van der Waals surface area contributed by atoms with Crippen LogP contribution in [0.3, 0.4) is 0 Å². The fourth-order valence-electron chi connectivity index (χ4n) is 2.63. The first-order valence-electron chi connectivity index (χ1n) is 9.63. The van der Waals surface area contributed by atoms with Crippen molar-refractivity contribution in [2.45, 2.75) is 96.8 Å². The summed E-state index contributed by atoms with van der Waals surface area (Å²) >= 11 is 0. The first-order chi connectivity index (χ1) is 11.1. The largest absolute Gasteiger partial charge is 0.273 e. The zero-order valence-corrected chi connectivity index (χ0v) is 16.2. The molecule has 0 aliphatic heterocycles. The molecule has 138 valence electrons. The third-order valence-electron chi connectivity index (χ3n) is 4.05. The lowest BCUT2D eigenvalue weighted by Gasteiger charge is -2.07. The van der Waals surface area contributed by atoms with Crippen molar-refractivity contribution < 1.29 is 4.57 Å². The Morgan fingerprint density at radius 3 is 1.65 bits per heavy atom. The molecule has 0 spiro atoms. The minimum Gasteiger partial charge on any atom is -0.271 e. The van der Waals surface area contributed by atoms with E-state index in [-0.39, 0.29) is 0 Å². The van der Waals surface area contributed by atoms with Crippen LogP contribution in [0.4, 0.5) is 0 Å². The molecule has 0 fully saturated rings. The van der Waals surface area contributed by atoms with E-state index in [2.05, 4.69) is 24.2 Å². The van der Waals surface area contributed by atoms with Crippen LogP contribution in [0.2, 0.25) is 0 Å². The Balaban J connectivity index is 3.12. The summed E-state index contributed by atoms with van der Waals surface area (Å²) in [6, 6.07) is 0. The van der Waals surface area contributed by atoms with E-state index in [9.17, 15) is 4.57 Å². The number of nitrogens with two attached hydrogens (primary N) is 2. The SMILES string of the molecule is CCCCCCCCC=CCCCCCCCCNP(N)(N)=O. The van der Waals surface area contributed by atoms with Crippen molar-refractivity contribution in [2.75, 3.05) is 6.54 Å². The van der Waals surface area contributed by atoms with Gasteiger partial charge in [0.1, 0.15) is 0 Å². The first-order valence-corrected chi connectivity index (χ1v) is 11.5. The molecule has 0 radical (unpaired) electrons. The molecule has 0 unspecified atom stereocenters. The van der Waals surface area contributed by atoms with Crippen molar-refractivity contribution >= 4 is 7.59 Å². The number of hydrogen-bond donors (Lipinski definition) is 3. The van der Waals surface area contributed by atoms with Crippen LogP contribution >= 0.6 is 7.59 Å². The number of rotatable bonds is 17. The Morgan fingerprint density at radius 1 is 0.739 bits per heavy atom. The molecule has 23 heavy (non-hydrogen) atoms. The number of allylic oxidation sites excluding steroid dienone is 2. The van der Waals surface area contributed by atoms with Crippen molar-refractivity contribution in [2.24, 2.45) is 11.0 Å². The molecule has 5 N–H and O–H groups in total. The van der Waals surface area contributed by atoms with Gasteiger partial charge in [-0.1, -0.05) is 76.9 Å². The van der Waals surface area contributed by atoms with E-state index in [4.69, 9.17) is 11.0 Å². The molecule has 0 amide bonds. The van der Waals surface area contributed by atoms with Gasteiger partial charge in [-0.05, 0) is 32.1 Å². The molecule has 0 atom stereocenters. The van der Waals surface area contributed by atoms with E-state index in [0.29, 0.717) is 6.54 Å². The zero-order valence-electron chi connectivity index (χ0n) is 15.3. The topological polar surface area (TPSA) is 81.1 Å². The molecular weight excluding hydrogens is 305 g/mol. The summed E-state index contributed by atoms with van der Waals surface area (Å²) in [4.78, 5) is 0. The van der Waals surface area contributed by atoms with Gasteiger partial charge in [0, 0.05) is 6.54 Å². The standard InChI is InChI=1S/C18H40N3OP/c1-2-3-4-5-6-7-8-9-10-11-12-13-14-15-16-17-18-21-23(19,20)22/h9-10H,2-8,11-18H2,1H3,(H5,19,20,21,22). The molecule has 0 rings (SSSR count). The van der Waals surface area contributed by atoms with Crippen LogP contribution in [0.25, 0.3) is 0 Å². The van der Waals surface area contributed by atoms with E-state index in [1.54, 1.807) is 0 Å². The molecule has 0 saturated carbocycles. The molecule has 0 heterocycles. The fourth-order valence-corrected chi connectivity index (χ4v) is 3.13. The third kappa shape index (κ3) is 21.9. The lowest BCUT2D eigenvalue weighted by Crippen LogP contribution is -2.22. The summed E-state index contributed by atoms with van der Waals surface area (Å²) in [5.41, 5.74) is 10.4. The summed E-state index contributed by atoms with van der Waals surface area (Å²) in [7, 11) is -3.01. The van der Waals surface area contributed by atoms with Crippen molar-refractivity contribution in [3.63, 3.8) is 0 Å². The Bertz CT molecular complexity index is 315. The van der Waals surface area contributed by atoms with E-state index >= 15 is 0 Å². The van der Waals surface area contributed by atoms with Gasteiger partial charge in [0.15, 0.2) is 0 Å². The second kappa shape index (κ2) is 16.7. The summed E-state index contributed by atoms with van der Waals surface area (Å²) in [6.07, 6.45) is 22.8. The summed E-state index contributed by atoms with van der Waals surface area (Å²) < 4.78 is 11.0. The highest BCUT2D eigenvalue weighted by Crippen LogP contribution is 2.17. The zero-order chi connectivity index (χ0) is 17.2. The van der Waals surface area contributed by atoms with Gasteiger partial charge in [-0.25, -0.2) is 5.09 Å². The lowest BCUT2D eigenvalue weighted by molar-refractivity contribution is 0.557. The Hall–Kier alpha value is -0.150. The predicted octanol–water partition coefficient (Wildman–Crippen LogP) is 5.64. The minimum atomic E-state index is -3.01. The lowest BCUT2D eigenvalue weighted by atomic mass is 10.1. The Kier molecular flexibility index (Phi) is 16.6. The van der Waals surface area contributed by atoms with Gasteiger partial charge in [0.2, 0.25) is 0 Å². The number of hydrogen-bond acceptors (Lipinski definition) is 1. The molecule has 0 aromatic heterocycles. The summed E-state index contributed by atoms with van der Waals surface area (Å²) in [5, 5.41) is 2.67. The first kappa shape index (κ1) is 22.9. The Morgan fingerprint density at radius 2 is 1.17 bits per heavy atom. The molecule has 0 bridgehead atoms. The summed E-state index contributed by atoms with van der Waals surface area (Å²) in [5.74, 6) is 0. The minimum absolute atomic E-state index is 0.658. The number of unbranched alkanes of at least 4 members (excludes halogenated alkanes) is 12. The highest BCUT2D eigenvalue weighted by Gasteiger charge is 2.04. The molecule has 0 aliphatic carbocycles. The molecule has 5 heteroatoms. The van der Waals surface area contributed by atoms with Gasteiger partial charge in [-0.15, -0.1) is 0 Å². The van der Waals surface area contributed by atoms with Crippen molar-refractivity contribution in [3.05, 3.63) is 12.2 Å². The maximum absolute atomic E-state index is 11.0. The molecule has 0 aromatic rings. The molecular formula is C18H40N3OP. The van der Waals surface area contributed by atoms with Crippen LogP contribution in [0.15, 0.2) is 12.2 Å². The molecule has 0 aromatic carbocycles. The molecule has 0 saturated heterocycles. The third-order valence-corrected chi connectivity index (χ3v) is 4.77. The average Bonchev–Trinajstić information content (AvgIpc) is 2.49. The van der Waals surface area contributed by atoms with Crippen molar-refractivity contribution in [1.82, 2.24) is 5.09 Å². The van der Waals surface area contributed by atoms with E-state index in [1.165, 1.54) is 77.0 Å². The maximum Gasteiger partial charge on any atom is 0.273 e. The van der Waals surface area contributed by atoms with Crippen LogP contribution in [0.5, 0.6) is 0 Å². The van der Waals surface area contributed by atoms with Crippen LogP contribution in [0, 0.1) is 0 Å². The van der Waals surface area contributed by atoms with Crippen molar-refractivity contribution in [1.29, 1.82) is 0 Å². The van der Waals surface area contributed by atoms with E-state index in [1.807, 2.05) is 0 Å². The van der Waals surface area contributed by atoms with Gasteiger partial charge in [-0.3, -0.25) is 15.6 Å². The predicted molar refractivity (Wildman–Crippen MR) is 103 cm³/mol. The normalized spacial score (nSPS) is 12.3. The van der Waals surface area contributed by atoms with Crippen LogP contribution in [-0.2, 0) is 4.57 Å². The smallest absolute Gasteiger partial charge is 0.271 e. The van der Waals surface area contributed by atoms with Crippen molar-refractivity contribution in [3.8, 4) is 0 Å². The molecule has 0 aliphatic rings. The van der Waals surface area contributed by atoms with Gasteiger partial charge < -0.3 is 0 Å². The fraction of sp³-hybridized carbons (Fsp3) is 0.889. The number of nitrogens with one attached hydrogen (secondary N) is 1. The second-order valence-electron chi connectivity index (χ2n) is 6.56. The highest BCUT2D eigenvalue weighted by atomic mass is 31.2. The van der Waals surface area contributed by atoms with E-state index < -0.39 is 7.59 Å². The Labute approximate surface area is 144 Å². The van der Waals surface area contributed by atoms with Gasteiger partial charge in [0.05, 0.1) is 0 Å². The highest BCUT2D eigenvalue weighted by molar-refractivity contribution is 7.56. The summed E-state index contributed by atoms with van der Waals surface area (Å²) in [6.45, 7) is 2.92. The quantitative estimate of drug-likeness (QED) is 0.181. The molecule has 4 nitrogen and oxygen atoms in total.